The molecule has 0 saturated heterocycles. The first-order valence-electron chi connectivity index (χ1n) is 5.99. The molecule has 0 radical (unpaired) electrons. The Labute approximate surface area is 95.2 Å². The normalized spacial score (nSPS) is 40.4. The van der Waals surface area contributed by atoms with Gasteiger partial charge in [-0.3, -0.25) is 0 Å². The molecule has 0 amide bonds. The number of hydrogen-bond donors (Lipinski definition) is 0. The molecule has 3 unspecified atom stereocenters. The van der Waals surface area contributed by atoms with Crippen LogP contribution in [-0.2, 0) is 0 Å². The fourth-order valence-electron chi connectivity index (χ4n) is 4.30. The van der Waals surface area contributed by atoms with Crippen molar-refractivity contribution in [3.8, 4) is 5.95 Å². The Bertz CT molecular complexity index is 422. The Morgan fingerprint density at radius 2 is 2.25 bits per heavy atom. The van der Waals surface area contributed by atoms with Crippen LogP contribution in [0.2, 0.25) is 0 Å². The lowest BCUT2D eigenvalue weighted by molar-refractivity contribution is -0.806. The van der Waals surface area contributed by atoms with Crippen LogP contribution in [0.25, 0.3) is 0 Å². The molecule has 88 valence electrons. The highest BCUT2D eigenvalue weighted by Gasteiger charge is 2.65. The summed E-state index contributed by atoms with van der Waals surface area (Å²) in [7, 11) is 0. The van der Waals surface area contributed by atoms with Gasteiger partial charge in [-0.15, -0.1) is 0 Å². The maximum atomic E-state index is 11.1. The minimum Gasteiger partial charge on any atom is -0.539 e. The van der Waals surface area contributed by atoms with Crippen LogP contribution in [0, 0.1) is 16.7 Å². The van der Waals surface area contributed by atoms with E-state index in [4.69, 9.17) is 0 Å². The summed E-state index contributed by atoms with van der Waals surface area (Å²) in [5.41, 5.74) is 0.489. The molecule has 0 spiro atoms. The van der Waals surface area contributed by atoms with E-state index in [-0.39, 0.29) is 16.8 Å². The maximum Gasteiger partial charge on any atom is 0.221 e. The molecule has 0 aromatic carbocycles. The van der Waals surface area contributed by atoms with Gasteiger partial charge in [0.15, 0.2) is 6.04 Å². The van der Waals surface area contributed by atoms with E-state index in [9.17, 15) is 5.11 Å². The lowest BCUT2D eigenvalue weighted by Gasteiger charge is -2.36. The third-order valence-corrected chi connectivity index (χ3v) is 4.92. The van der Waals surface area contributed by atoms with E-state index in [0.717, 1.165) is 5.92 Å². The molecule has 4 heteroatoms. The molecule has 2 fully saturated rings. The summed E-state index contributed by atoms with van der Waals surface area (Å²) in [5, 5.41) is 15.0. The van der Waals surface area contributed by atoms with Crippen molar-refractivity contribution in [3.05, 3.63) is 6.20 Å². The van der Waals surface area contributed by atoms with Crippen molar-refractivity contribution in [1.29, 1.82) is 0 Å². The van der Waals surface area contributed by atoms with Crippen LogP contribution in [-0.4, -0.2) is 5.27 Å². The third-order valence-electron chi connectivity index (χ3n) is 4.92. The number of hydrogen-bond acceptors (Lipinski definition) is 3. The molecule has 0 aliphatic heterocycles. The standard InChI is InChI=1S/C12H18N2O2/c1-11(2)8-4-5-12(3,6-8)10(11)14-7-9(15)16-13-14/h7-8,10H,4-6H2,1-3H3. The highest BCUT2D eigenvalue weighted by Crippen LogP contribution is 2.66. The Morgan fingerprint density at radius 3 is 2.75 bits per heavy atom. The Balaban J connectivity index is 2.06. The Hall–Kier alpha value is -1.06. The number of nitrogens with zero attached hydrogens (tertiary/aromatic N) is 2. The highest BCUT2D eigenvalue weighted by atomic mass is 16.6. The van der Waals surface area contributed by atoms with Crippen molar-refractivity contribution >= 4 is 0 Å². The van der Waals surface area contributed by atoms with Crippen molar-refractivity contribution in [2.75, 3.05) is 0 Å². The third kappa shape index (κ3) is 1.10. The van der Waals surface area contributed by atoms with Crippen LogP contribution in [0.1, 0.15) is 46.1 Å². The predicted molar refractivity (Wildman–Crippen MR) is 54.4 cm³/mol. The fraction of sp³-hybridized carbons (Fsp3) is 0.833. The Kier molecular flexibility index (Phi) is 1.76. The molecule has 16 heavy (non-hydrogen) atoms. The summed E-state index contributed by atoms with van der Waals surface area (Å²) in [5.74, 6) is 0.406. The lowest BCUT2D eigenvalue weighted by Crippen LogP contribution is -2.54. The Morgan fingerprint density at radius 1 is 1.50 bits per heavy atom. The van der Waals surface area contributed by atoms with Crippen LogP contribution in [0.5, 0.6) is 5.95 Å². The summed E-state index contributed by atoms with van der Waals surface area (Å²) >= 11 is 0. The van der Waals surface area contributed by atoms with E-state index in [2.05, 4.69) is 30.6 Å². The van der Waals surface area contributed by atoms with Crippen molar-refractivity contribution in [3.63, 3.8) is 0 Å². The molecule has 0 N–H and O–H groups in total. The van der Waals surface area contributed by atoms with Gasteiger partial charge in [0.05, 0.1) is 5.27 Å². The highest BCUT2D eigenvalue weighted by molar-refractivity contribution is 5.06. The van der Waals surface area contributed by atoms with Gasteiger partial charge in [-0.2, -0.15) is 0 Å². The van der Waals surface area contributed by atoms with Gasteiger partial charge in [0, 0.05) is 10.8 Å². The van der Waals surface area contributed by atoms with Crippen molar-refractivity contribution < 1.29 is 14.3 Å². The summed E-state index contributed by atoms with van der Waals surface area (Å²) in [6, 6.07) is 0.296. The minimum atomic E-state index is -0.345. The minimum absolute atomic E-state index is 0.209. The first-order chi connectivity index (χ1) is 7.43. The molecular formula is C12H18N2O2. The molecule has 1 heterocycles. The zero-order valence-corrected chi connectivity index (χ0v) is 10.1. The van der Waals surface area contributed by atoms with E-state index >= 15 is 0 Å². The van der Waals surface area contributed by atoms with Crippen molar-refractivity contribution in [1.82, 2.24) is 5.27 Å². The van der Waals surface area contributed by atoms with Crippen LogP contribution in [0.15, 0.2) is 10.7 Å². The average molecular weight is 222 g/mol. The molecule has 3 rings (SSSR count). The quantitative estimate of drug-likeness (QED) is 0.675. The van der Waals surface area contributed by atoms with Gasteiger partial charge in [0.2, 0.25) is 6.20 Å². The van der Waals surface area contributed by atoms with Crippen molar-refractivity contribution in [2.45, 2.75) is 46.1 Å². The second-order valence-electron chi connectivity index (χ2n) is 6.32. The topological polar surface area (TPSA) is 53.0 Å². The second-order valence-corrected chi connectivity index (χ2v) is 6.32. The molecule has 1 aromatic rings. The second kappa shape index (κ2) is 2.79. The molecular weight excluding hydrogens is 204 g/mol. The summed E-state index contributed by atoms with van der Waals surface area (Å²) in [6.45, 7) is 6.90. The van der Waals surface area contributed by atoms with Crippen LogP contribution >= 0.6 is 0 Å². The van der Waals surface area contributed by atoms with E-state index < -0.39 is 0 Å². The SMILES string of the molecule is CC12CCC(C1)C(C)(C)C2[n+]1cc([O-])on1. The van der Waals surface area contributed by atoms with Crippen molar-refractivity contribution in [2.24, 2.45) is 16.7 Å². The number of rotatable bonds is 1. The molecule has 2 saturated carbocycles. The van der Waals surface area contributed by atoms with Gasteiger partial charge in [-0.1, -0.05) is 25.5 Å². The van der Waals surface area contributed by atoms with Crippen LogP contribution in [0.4, 0.5) is 0 Å². The largest absolute Gasteiger partial charge is 0.539 e. The van der Waals surface area contributed by atoms with E-state index in [0.29, 0.717) is 6.04 Å². The van der Waals surface area contributed by atoms with E-state index in [1.165, 1.54) is 25.5 Å². The van der Waals surface area contributed by atoms with E-state index in [1.54, 1.807) is 4.68 Å². The first-order valence-corrected chi connectivity index (χ1v) is 5.99. The van der Waals surface area contributed by atoms with Gasteiger partial charge in [-0.05, 0) is 25.2 Å². The predicted octanol–water partition coefficient (Wildman–Crippen LogP) is 1.42. The van der Waals surface area contributed by atoms with Gasteiger partial charge >= 0.3 is 0 Å². The van der Waals surface area contributed by atoms with Crippen LogP contribution in [0.3, 0.4) is 0 Å². The molecule has 4 nitrogen and oxygen atoms in total. The zero-order chi connectivity index (χ0) is 11.6. The summed E-state index contributed by atoms with van der Waals surface area (Å²) in [6.07, 6.45) is 5.29. The number of fused-ring (bicyclic) bond motifs is 2. The number of aromatic nitrogens is 2. The lowest BCUT2D eigenvalue weighted by atomic mass is 9.68. The summed E-state index contributed by atoms with van der Waals surface area (Å²) < 4.78 is 6.45. The molecule has 2 aliphatic rings. The molecule has 2 aliphatic carbocycles. The zero-order valence-electron chi connectivity index (χ0n) is 10.1. The van der Waals surface area contributed by atoms with Crippen LogP contribution < -0.4 is 9.79 Å². The van der Waals surface area contributed by atoms with Gasteiger partial charge in [0.1, 0.15) is 5.95 Å². The smallest absolute Gasteiger partial charge is 0.221 e. The van der Waals surface area contributed by atoms with Gasteiger partial charge < -0.3 is 9.63 Å². The molecule has 3 atom stereocenters. The molecule has 2 bridgehead atoms. The average Bonchev–Trinajstić information content (AvgIpc) is 2.77. The fourth-order valence-corrected chi connectivity index (χ4v) is 4.30. The first kappa shape index (κ1) is 10.1. The maximum absolute atomic E-state index is 11.1. The summed E-state index contributed by atoms with van der Waals surface area (Å²) in [4.78, 5) is 0. The molecule has 1 aromatic heterocycles. The van der Waals surface area contributed by atoms with Gasteiger partial charge in [0.25, 0.3) is 0 Å². The van der Waals surface area contributed by atoms with Gasteiger partial charge in [-0.25, -0.2) is 0 Å². The monoisotopic (exact) mass is 222 g/mol. The van der Waals surface area contributed by atoms with E-state index in [1.807, 2.05) is 0 Å².